The third-order valence-corrected chi connectivity index (χ3v) is 5.69. The highest BCUT2D eigenvalue weighted by Crippen LogP contribution is 2.26. The van der Waals surface area contributed by atoms with Gasteiger partial charge in [0.2, 0.25) is 11.8 Å². The molecule has 0 bridgehead atoms. The number of carbonyl (C=O) groups excluding carboxylic acids is 2. The van der Waals surface area contributed by atoms with E-state index in [1.54, 1.807) is 0 Å². The third-order valence-electron chi connectivity index (χ3n) is 4.24. The van der Waals surface area contributed by atoms with Crippen molar-refractivity contribution in [1.29, 1.82) is 0 Å². The van der Waals surface area contributed by atoms with Crippen molar-refractivity contribution in [3.63, 3.8) is 0 Å². The molecule has 3 rings (SSSR count). The average molecular weight is 408 g/mol. The molecule has 0 aromatic heterocycles. The van der Waals surface area contributed by atoms with Crippen LogP contribution >= 0.6 is 0 Å². The zero-order chi connectivity index (χ0) is 20.9. The SMILES string of the molecule is CC(=O)NS(=O)(=O)c1ccc(NC(=O)C(c2ccccc2)c2ccccc2)cc1. The van der Waals surface area contributed by atoms with E-state index in [9.17, 15) is 18.0 Å². The van der Waals surface area contributed by atoms with Gasteiger partial charge in [0.25, 0.3) is 10.0 Å². The molecule has 2 amide bonds. The van der Waals surface area contributed by atoms with Gasteiger partial charge >= 0.3 is 0 Å². The van der Waals surface area contributed by atoms with Crippen molar-refractivity contribution in [3.8, 4) is 0 Å². The zero-order valence-corrected chi connectivity index (χ0v) is 16.5. The van der Waals surface area contributed by atoms with Gasteiger partial charge in [0.15, 0.2) is 0 Å². The van der Waals surface area contributed by atoms with E-state index in [1.165, 1.54) is 24.3 Å². The van der Waals surface area contributed by atoms with Crippen molar-refractivity contribution in [2.45, 2.75) is 17.7 Å². The molecule has 148 valence electrons. The number of sulfonamides is 1. The van der Waals surface area contributed by atoms with E-state index in [-0.39, 0.29) is 10.8 Å². The number of amides is 2. The molecule has 6 nitrogen and oxygen atoms in total. The summed E-state index contributed by atoms with van der Waals surface area (Å²) in [5.74, 6) is -1.42. The predicted molar refractivity (Wildman–Crippen MR) is 111 cm³/mol. The molecule has 0 aliphatic carbocycles. The van der Waals surface area contributed by atoms with Gasteiger partial charge in [-0.25, -0.2) is 13.1 Å². The topological polar surface area (TPSA) is 92.3 Å². The highest BCUT2D eigenvalue weighted by molar-refractivity contribution is 7.90. The third kappa shape index (κ3) is 5.08. The normalized spacial score (nSPS) is 11.1. The van der Waals surface area contributed by atoms with Crippen LogP contribution in [0.15, 0.2) is 89.8 Å². The summed E-state index contributed by atoms with van der Waals surface area (Å²) >= 11 is 0. The van der Waals surface area contributed by atoms with Crippen LogP contribution in [-0.4, -0.2) is 20.2 Å². The van der Waals surface area contributed by atoms with Crippen molar-refractivity contribution in [1.82, 2.24) is 4.72 Å². The second-order valence-electron chi connectivity index (χ2n) is 6.43. The minimum absolute atomic E-state index is 0.0617. The summed E-state index contributed by atoms with van der Waals surface area (Å²) in [4.78, 5) is 24.0. The number of hydrogen-bond acceptors (Lipinski definition) is 4. The number of rotatable bonds is 6. The Morgan fingerprint density at radius 2 is 1.24 bits per heavy atom. The average Bonchev–Trinajstić information content (AvgIpc) is 2.69. The van der Waals surface area contributed by atoms with Crippen LogP contribution in [0.2, 0.25) is 0 Å². The summed E-state index contributed by atoms with van der Waals surface area (Å²) in [6.45, 7) is 1.12. The Morgan fingerprint density at radius 3 is 1.69 bits per heavy atom. The Kier molecular flexibility index (Phi) is 6.09. The maximum absolute atomic E-state index is 13.1. The fourth-order valence-electron chi connectivity index (χ4n) is 2.97. The molecule has 0 radical (unpaired) electrons. The minimum atomic E-state index is -3.92. The molecule has 0 saturated carbocycles. The van der Waals surface area contributed by atoms with Crippen LogP contribution in [-0.2, 0) is 19.6 Å². The second kappa shape index (κ2) is 8.70. The Morgan fingerprint density at radius 1 is 0.759 bits per heavy atom. The number of hydrogen-bond donors (Lipinski definition) is 2. The van der Waals surface area contributed by atoms with E-state index < -0.39 is 21.8 Å². The second-order valence-corrected chi connectivity index (χ2v) is 8.11. The molecule has 3 aromatic rings. The van der Waals surface area contributed by atoms with Crippen molar-refractivity contribution < 1.29 is 18.0 Å². The quantitative estimate of drug-likeness (QED) is 0.655. The first-order chi connectivity index (χ1) is 13.9. The van der Waals surface area contributed by atoms with Crippen LogP contribution in [0.3, 0.4) is 0 Å². The Bertz CT molecular complexity index is 1060. The maximum atomic E-state index is 13.1. The van der Waals surface area contributed by atoms with Gasteiger partial charge in [0.05, 0.1) is 10.8 Å². The smallest absolute Gasteiger partial charge is 0.264 e. The van der Waals surface area contributed by atoms with Gasteiger partial charge in [-0.1, -0.05) is 60.7 Å². The van der Waals surface area contributed by atoms with Crippen LogP contribution in [0.4, 0.5) is 5.69 Å². The van der Waals surface area contributed by atoms with Gasteiger partial charge in [-0.05, 0) is 35.4 Å². The summed E-state index contributed by atoms with van der Waals surface area (Å²) in [5.41, 5.74) is 2.15. The fraction of sp³-hybridized carbons (Fsp3) is 0.0909. The first kappa shape index (κ1) is 20.3. The maximum Gasteiger partial charge on any atom is 0.264 e. The van der Waals surface area contributed by atoms with Crippen LogP contribution in [0, 0.1) is 0 Å². The fourth-order valence-corrected chi connectivity index (χ4v) is 3.96. The highest BCUT2D eigenvalue weighted by Gasteiger charge is 2.23. The molecule has 7 heteroatoms. The monoisotopic (exact) mass is 408 g/mol. The first-order valence-corrected chi connectivity index (χ1v) is 10.4. The van der Waals surface area contributed by atoms with Crippen molar-refractivity contribution in [2.24, 2.45) is 0 Å². The van der Waals surface area contributed by atoms with E-state index >= 15 is 0 Å². The van der Waals surface area contributed by atoms with E-state index in [0.717, 1.165) is 18.1 Å². The molecule has 29 heavy (non-hydrogen) atoms. The lowest BCUT2D eigenvalue weighted by molar-refractivity contribution is -0.117. The molecule has 0 aliphatic heterocycles. The summed E-state index contributed by atoms with van der Waals surface area (Å²) < 4.78 is 26.0. The number of benzene rings is 3. The van der Waals surface area contributed by atoms with Crippen molar-refractivity contribution in [2.75, 3.05) is 5.32 Å². The minimum Gasteiger partial charge on any atom is -0.325 e. The van der Waals surface area contributed by atoms with Gasteiger partial charge < -0.3 is 5.32 Å². The summed E-state index contributed by atoms with van der Waals surface area (Å²) in [6, 6.07) is 24.5. The Labute approximate surface area is 169 Å². The number of nitrogens with one attached hydrogen (secondary N) is 2. The van der Waals surface area contributed by atoms with Gasteiger partial charge in [-0.3, -0.25) is 9.59 Å². The lowest BCUT2D eigenvalue weighted by atomic mass is 9.90. The van der Waals surface area contributed by atoms with Crippen LogP contribution < -0.4 is 10.0 Å². The van der Waals surface area contributed by atoms with E-state index in [0.29, 0.717) is 5.69 Å². The molecule has 0 fully saturated rings. The number of anilines is 1. The van der Waals surface area contributed by atoms with Crippen LogP contribution in [0.5, 0.6) is 0 Å². The molecule has 0 unspecified atom stereocenters. The van der Waals surface area contributed by atoms with Crippen molar-refractivity contribution >= 4 is 27.5 Å². The largest absolute Gasteiger partial charge is 0.325 e. The molecule has 0 saturated heterocycles. The summed E-state index contributed by atoms with van der Waals surface area (Å²) in [7, 11) is -3.92. The molecule has 2 N–H and O–H groups in total. The van der Waals surface area contributed by atoms with Gasteiger partial charge in [-0.15, -0.1) is 0 Å². The Balaban J connectivity index is 1.84. The molecule has 0 atom stereocenters. The lowest BCUT2D eigenvalue weighted by Crippen LogP contribution is -2.28. The van der Waals surface area contributed by atoms with E-state index in [1.807, 2.05) is 65.4 Å². The highest BCUT2D eigenvalue weighted by atomic mass is 32.2. The van der Waals surface area contributed by atoms with Gasteiger partial charge in [0, 0.05) is 12.6 Å². The zero-order valence-electron chi connectivity index (χ0n) is 15.7. The molecule has 0 heterocycles. The molecular weight excluding hydrogens is 388 g/mol. The Hall–Kier alpha value is -3.45. The lowest BCUT2D eigenvalue weighted by Gasteiger charge is -2.18. The van der Waals surface area contributed by atoms with E-state index in [2.05, 4.69) is 5.32 Å². The standard InChI is InChI=1S/C22H20N2O4S/c1-16(25)24-29(27,28)20-14-12-19(13-15-20)23-22(26)21(17-8-4-2-5-9-17)18-10-6-3-7-11-18/h2-15,21H,1H3,(H,23,26)(H,24,25). The van der Waals surface area contributed by atoms with Gasteiger partial charge in [0.1, 0.15) is 0 Å². The predicted octanol–water partition coefficient (Wildman–Crippen LogP) is 3.28. The number of carbonyl (C=O) groups is 2. The summed E-state index contributed by atoms with van der Waals surface area (Å²) in [5, 5.41) is 2.84. The van der Waals surface area contributed by atoms with Crippen molar-refractivity contribution in [3.05, 3.63) is 96.1 Å². The van der Waals surface area contributed by atoms with Gasteiger partial charge in [-0.2, -0.15) is 0 Å². The summed E-state index contributed by atoms with van der Waals surface area (Å²) in [6.07, 6.45) is 0. The molecule has 0 spiro atoms. The molecule has 3 aromatic carbocycles. The van der Waals surface area contributed by atoms with Crippen LogP contribution in [0.1, 0.15) is 24.0 Å². The van der Waals surface area contributed by atoms with E-state index in [4.69, 9.17) is 0 Å². The molecular formula is C22H20N2O4S. The molecule has 0 aliphatic rings. The van der Waals surface area contributed by atoms with Crippen LogP contribution in [0.25, 0.3) is 0 Å². The first-order valence-electron chi connectivity index (χ1n) is 8.91.